The minimum Gasteiger partial charge on any atom is -0.366 e. The largest absolute Gasteiger partial charge is 0.366 e. The first kappa shape index (κ1) is 18.6. The Bertz CT molecular complexity index is 1010. The molecule has 6 nitrogen and oxygen atoms in total. The van der Waals surface area contributed by atoms with Crippen molar-refractivity contribution in [2.75, 3.05) is 5.32 Å². The number of carbonyl (C=O) groups is 1. The zero-order valence-corrected chi connectivity index (χ0v) is 14.3. The Balaban J connectivity index is 2.07. The topological polar surface area (TPSA) is 93.8 Å². The third kappa shape index (κ3) is 3.67. The maximum atomic E-state index is 14.2. The van der Waals surface area contributed by atoms with Crippen LogP contribution in [0.15, 0.2) is 30.7 Å². The van der Waals surface area contributed by atoms with Crippen LogP contribution in [-0.2, 0) is 0 Å². The average molecular weight is 375 g/mol. The number of nitrogens with one attached hydrogen (secondary N) is 1. The number of amides is 1. The summed E-state index contributed by atoms with van der Waals surface area (Å²) in [5.74, 6) is -3.72. The molecule has 0 saturated heterocycles. The Hall–Kier alpha value is -3.23. The molecule has 1 aromatic carbocycles. The van der Waals surface area contributed by atoms with Gasteiger partial charge in [-0.3, -0.25) is 9.78 Å². The molecule has 27 heavy (non-hydrogen) atoms. The number of hydrogen-bond donors (Lipinski definition) is 2. The van der Waals surface area contributed by atoms with E-state index in [2.05, 4.69) is 20.3 Å². The molecule has 0 aliphatic heterocycles. The number of aromatic nitrogens is 3. The predicted molar refractivity (Wildman–Crippen MR) is 93.4 cm³/mol. The van der Waals surface area contributed by atoms with Crippen molar-refractivity contribution in [2.45, 2.75) is 25.8 Å². The fraction of sp³-hybridized carbons (Fsp3) is 0.222. The lowest BCUT2D eigenvalue weighted by Gasteiger charge is -2.20. The summed E-state index contributed by atoms with van der Waals surface area (Å²) in [6.45, 7) is 1.87. The van der Waals surface area contributed by atoms with Crippen molar-refractivity contribution in [1.82, 2.24) is 15.0 Å². The van der Waals surface area contributed by atoms with E-state index in [1.54, 1.807) is 0 Å². The fourth-order valence-electron chi connectivity index (χ4n) is 2.83. The quantitative estimate of drug-likeness (QED) is 0.643. The smallest absolute Gasteiger partial charge is 0.251 e. The minimum absolute atomic E-state index is 0.0337. The lowest BCUT2D eigenvalue weighted by atomic mass is 10.0. The normalized spacial score (nSPS) is 12.1. The SMILES string of the molecule is CCC[C@@H](Nc1ncnc2c(C(N)=O)ccnc12)c1cc(F)c(F)cc1F. The van der Waals surface area contributed by atoms with Gasteiger partial charge in [-0.2, -0.15) is 0 Å². The van der Waals surface area contributed by atoms with Crippen LogP contribution in [0, 0.1) is 17.5 Å². The molecule has 3 aromatic rings. The van der Waals surface area contributed by atoms with Gasteiger partial charge in [-0.05, 0) is 18.6 Å². The molecule has 9 heteroatoms. The molecule has 0 unspecified atom stereocenters. The zero-order valence-electron chi connectivity index (χ0n) is 14.3. The van der Waals surface area contributed by atoms with Crippen LogP contribution in [0.5, 0.6) is 0 Å². The van der Waals surface area contributed by atoms with Gasteiger partial charge in [-0.15, -0.1) is 0 Å². The Morgan fingerprint density at radius 3 is 2.56 bits per heavy atom. The first-order chi connectivity index (χ1) is 12.9. The lowest BCUT2D eigenvalue weighted by molar-refractivity contribution is 0.100. The van der Waals surface area contributed by atoms with Crippen LogP contribution < -0.4 is 11.1 Å². The Labute approximate surface area is 152 Å². The first-order valence-corrected chi connectivity index (χ1v) is 8.22. The molecule has 3 rings (SSSR count). The molecule has 0 bridgehead atoms. The Morgan fingerprint density at radius 2 is 1.85 bits per heavy atom. The number of anilines is 1. The van der Waals surface area contributed by atoms with Crippen molar-refractivity contribution in [1.29, 1.82) is 0 Å². The summed E-state index contributed by atoms with van der Waals surface area (Å²) >= 11 is 0. The van der Waals surface area contributed by atoms with Gasteiger partial charge < -0.3 is 11.1 Å². The highest BCUT2D eigenvalue weighted by molar-refractivity contribution is 6.05. The molecule has 0 aliphatic carbocycles. The monoisotopic (exact) mass is 375 g/mol. The molecular formula is C18H16F3N5O. The number of halogens is 3. The third-order valence-corrected chi connectivity index (χ3v) is 4.09. The van der Waals surface area contributed by atoms with Crippen LogP contribution >= 0.6 is 0 Å². The van der Waals surface area contributed by atoms with Crippen molar-refractivity contribution in [3.05, 3.63) is 59.3 Å². The number of primary amides is 1. The summed E-state index contributed by atoms with van der Waals surface area (Å²) in [5.41, 5.74) is 5.98. The van der Waals surface area contributed by atoms with E-state index in [-0.39, 0.29) is 28.0 Å². The standard InChI is InChI=1S/C18H16F3N5O/c1-2-3-14(10-6-12(20)13(21)7-11(10)19)26-18-16-15(24-8-25-18)9(17(22)27)4-5-23-16/h4-8,14H,2-3H2,1H3,(H2,22,27)(H,24,25,26)/t14-/m1/s1. The molecule has 0 radical (unpaired) electrons. The molecule has 0 saturated carbocycles. The number of hydrogen-bond acceptors (Lipinski definition) is 5. The summed E-state index contributed by atoms with van der Waals surface area (Å²) in [5, 5.41) is 3.00. The van der Waals surface area contributed by atoms with Gasteiger partial charge in [-0.1, -0.05) is 13.3 Å². The molecule has 0 aliphatic rings. The molecule has 0 fully saturated rings. The number of fused-ring (bicyclic) bond motifs is 1. The van der Waals surface area contributed by atoms with Gasteiger partial charge in [0.05, 0.1) is 11.6 Å². The van der Waals surface area contributed by atoms with Crippen LogP contribution in [-0.4, -0.2) is 20.9 Å². The van der Waals surface area contributed by atoms with Crippen molar-refractivity contribution >= 4 is 22.8 Å². The highest BCUT2D eigenvalue weighted by Gasteiger charge is 2.21. The van der Waals surface area contributed by atoms with Crippen LogP contribution in [0.25, 0.3) is 11.0 Å². The third-order valence-electron chi connectivity index (χ3n) is 4.09. The maximum Gasteiger partial charge on any atom is 0.251 e. The van der Waals surface area contributed by atoms with E-state index in [0.29, 0.717) is 18.9 Å². The molecule has 2 heterocycles. The fourth-order valence-corrected chi connectivity index (χ4v) is 2.83. The van der Waals surface area contributed by atoms with E-state index in [1.165, 1.54) is 18.6 Å². The van der Waals surface area contributed by atoms with Crippen molar-refractivity contribution < 1.29 is 18.0 Å². The highest BCUT2D eigenvalue weighted by Crippen LogP contribution is 2.29. The number of carbonyl (C=O) groups excluding carboxylic acids is 1. The molecule has 1 amide bonds. The second kappa shape index (κ2) is 7.56. The van der Waals surface area contributed by atoms with Crippen molar-refractivity contribution in [3.8, 4) is 0 Å². The lowest BCUT2D eigenvalue weighted by Crippen LogP contribution is -2.16. The number of nitrogens with two attached hydrogens (primary N) is 1. The molecule has 2 aromatic heterocycles. The molecule has 1 atom stereocenters. The number of nitrogens with zero attached hydrogens (tertiary/aromatic N) is 3. The summed E-state index contributed by atoms with van der Waals surface area (Å²) in [4.78, 5) is 23.9. The van der Waals surface area contributed by atoms with Gasteiger partial charge in [0.2, 0.25) is 0 Å². The van der Waals surface area contributed by atoms with Gasteiger partial charge in [-0.25, -0.2) is 23.1 Å². The highest BCUT2D eigenvalue weighted by atomic mass is 19.2. The number of pyridine rings is 1. The van der Waals surface area contributed by atoms with Gasteiger partial charge in [0.15, 0.2) is 17.5 Å². The van der Waals surface area contributed by atoms with E-state index < -0.39 is 29.4 Å². The predicted octanol–water partition coefficient (Wildman–Crippen LogP) is 3.49. The van der Waals surface area contributed by atoms with Gasteiger partial charge in [0.25, 0.3) is 5.91 Å². The number of benzene rings is 1. The van der Waals surface area contributed by atoms with Gasteiger partial charge in [0, 0.05) is 17.8 Å². The molecule has 140 valence electrons. The van der Waals surface area contributed by atoms with Crippen molar-refractivity contribution in [3.63, 3.8) is 0 Å². The number of rotatable bonds is 6. The van der Waals surface area contributed by atoms with E-state index in [1.807, 2.05) is 6.92 Å². The molecule has 3 N–H and O–H groups in total. The van der Waals surface area contributed by atoms with Gasteiger partial charge >= 0.3 is 0 Å². The van der Waals surface area contributed by atoms with E-state index in [4.69, 9.17) is 5.73 Å². The van der Waals surface area contributed by atoms with Gasteiger partial charge in [0.1, 0.15) is 23.2 Å². The molecule has 0 spiro atoms. The average Bonchev–Trinajstić information content (AvgIpc) is 2.64. The summed E-state index contributed by atoms with van der Waals surface area (Å²) < 4.78 is 41.1. The van der Waals surface area contributed by atoms with E-state index >= 15 is 0 Å². The summed E-state index contributed by atoms with van der Waals surface area (Å²) in [7, 11) is 0. The van der Waals surface area contributed by atoms with Crippen molar-refractivity contribution in [2.24, 2.45) is 5.73 Å². The van der Waals surface area contributed by atoms with Crippen LogP contribution in [0.3, 0.4) is 0 Å². The maximum absolute atomic E-state index is 14.2. The van der Waals surface area contributed by atoms with E-state index in [0.717, 1.165) is 6.07 Å². The summed E-state index contributed by atoms with van der Waals surface area (Å²) in [6, 6.07) is 2.07. The van der Waals surface area contributed by atoms with Crippen LogP contribution in [0.2, 0.25) is 0 Å². The van der Waals surface area contributed by atoms with Crippen LogP contribution in [0.4, 0.5) is 19.0 Å². The first-order valence-electron chi connectivity index (χ1n) is 8.22. The Morgan fingerprint density at radius 1 is 1.11 bits per heavy atom. The minimum atomic E-state index is -1.26. The van der Waals surface area contributed by atoms with Crippen LogP contribution in [0.1, 0.15) is 41.7 Å². The zero-order chi connectivity index (χ0) is 19.6. The van der Waals surface area contributed by atoms with E-state index in [9.17, 15) is 18.0 Å². The second-order valence-corrected chi connectivity index (χ2v) is 5.92. The Kier molecular flexibility index (Phi) is 5.20. The second-order valence-electron chi connectivity index (χ2n) is 5.92. The molecular weight excluding hydrogens is 359 g/mol. The summed E-state index contributed by atoms with van der Waals surface area (Å²) in [6.07, 6.45) is 3.65.